The Morgan fingerprint density at radius 3 is 2.11 bits per heavy atom. The van der Waals surface area contributed by atoms with Crippen LogP contribution in [0.3, 0.4) is 0 Å². The minimum absolute atomic E-state index is 0.0139. The molecule has 7 nitrogen and oxygen atoms in total. The lowest BCUT2D eigenvalue weighted by Gasteiger charge is -2.04. The zero-order valence-corrected chi connectivity index (χ0v) is 10.0. The van der Waals surface area contributed by atoms with E-state index in [1.54, 1.807) is 6.07 Å². The molecule has 0 N–H and O–H groups in total. The third-order valence-electron chi connectivity index (χ3n) is 2.36. The first-order valence-corrected chi connectivity index (χ1v) is 5.26. The number of hydrogen-bond acceptors (Lipinski definition) is 5. The van der Waals surface area contributed by atoms with E-state index in [-0.39, 0.29) is 23.4 Å². The molecule has 8 heteroatoms. The number of rotatable bonds is 4. The fourth-order valence-electron chi connectivity index (χ4n) is 1.49. The van der Waals surface area contributed by atoms with Gasteiger partial charge in [0, 0.05) is 18.6 Å². The molecule has 1 aromatic rings. The van der Waals surface area contributed by atoms with Gasteiger partial charge in [0.2, 0.25) is 0 Å². The van der Waals surface area contributed by atoms with E-state index in [2.05, 4.69) is 0 Å². The molecule has 0 saturated heterocycles. The largest absolute Gasteiger partial charge is 0.279 e. The molecule has 0 amide bonds. The lowest BCUT2D eigenvalue weighted by Crippen LogP contribution is -2.04. The van der Waals surface area contributed by atoms with Gasteiger partial charge in [-0.3, -0.25) is 20.2 Å². The average molecular weight is 270 g/mol. The van der Waals surface area contributed by atoms with Crippen LogP contribution in [0.5, 0.6) is 0 Å². The molecule has 0 spiro atoms. The Bertz CT molecular complexity index is 518. The summed E-state index contributed by atoms with van der Waals surface area (Å²) in [5, 5.41) is 29.3. The van der Waals surface area contributed by atoms with E-state index in [0.717, 1.165) is 0 Å². The quantitative estimate of drug-likeness (QED) is 0.474. The summed E-state index contributed by atoms with van der Waals surface area (Å²) in [5.74, 6) is 0. The fraction of sp³-hybridized carbons (Fsp3) is 0.300. The molecule has 0 aromatic heterocycles. The number of alkyl halides is 1. The van der Waals surface area contributed by atoms with Crippen LogP contribution in [0.1, 0.15) is 11.1 Å². The van der Waals surface area contributed by atoms with Crippen LogP contribution >= 0.6 is 11.6 Å². The lowest BCUT2D eigenvalue weighted by atomic mass is 10.0. The minimum atomic E-state index is -0.882. The third-order valence-corrected chi connectivity index (χ3v) is 2.61. The van der Waals surface area contributed by atoms with Gasteiger partial charge in [-0.25, -0.2) is 0 Å². The van der Waals surface area contributed by atoms with Crippen molar-refractivity contribution in [2.45, 2.75) is 18.7 Å². The zero-order chi connectivity index (χ0) is 13.9. The SMILES string of the molecule is Cc1c([N+](=O)[O-])cc(CC(Cl)C#N)cc1[N+](=O)[O-]. The van der Waals surface area contributed by atoms with Crippen LogP contribution in [0.15, 0.2) is 12.1 Å². The highest BCUT2D eigenvalue weighted by molar-refractivity contribution is 6.22. The smallest absolute Gasteiger partial charge is 0.258 e. The van der Waals surface area contributed by atoms with Crippen LogP contribution in [0.2, 0.25) is 0 Å². The van der Waals surface area contributed by atoms with E-state index in [0.29, 0.717) is 5.56 Å². The molecule has 0 fully saturated rings. The van der Waals surface area contributed by atoms with Gasteiger partial charge in [0.15, 0.2) is 0 Å². The molecule has 94 valence electrons. The van der Waals surface area contributed by atoms with Gasteiger partial charge in [0.25, 0.3) is 11.4 Å². The van der Waals surface area contributed by atoms with Crippen molar-refractivity contribution in [3.63, 3.8) is 0 Å². The topological polar surface area (TPSA) is 110 Å². The predicted octanol–water partition coefficient (Wildman–Crippen LogP) is 2.48. The summed E-state index contributed by atoms with van der Waals surface area (Å²) >= 11 is 5.60. The molecule has 0 aliphatic rings. The Balaban J connectivity index is 3.34. The first kappa shape index (κ1) is 13.9. The molecule has 0 aliphatic heterocycles. The molecule has 1 unspecified atom stereocenters. The molecule has 0 heterocycles. The molecule has 0 aliphatic carbocycles. The van der Waals surface area contributed by atoms with Crippen LogP contribution in [0.25, 0.3) is 0 Å². The summed E-state index contributed by atoms with van der Waals surface area (Å²) in [7, 11) is 0. The van der Waals surface area contributed by atoms with Gasteiger partial charge in [0.05, 0.1) is 15.9 Å². The minimum Gasteiger partial charge on any atom is -0.258 e. The maximum Gasteiger partial charge on any atom is 0.279 e. The number of halogens is 1. The van der Waals surface area contributed by atoms with Crippen LogP contribution in [0, 0.1) is 38.5 Å². The van der Waals surface area contributed by atoms with Gasteiger partial charge in [-0.2, -0.15) is 5.26 Å². The van der Waals surface area contributed by atoms with Crippen molar-refractivity contribution in [1.82, 2.24) is 0 Å². The van der Waals surface area contributed by atoms with Gasteiger partial charge in [-0.1, -0.05) is 0 Å². The Kier molecular flexibility index (Phi) is 4.18. The van der Waals surface area contributed by atoms with Crippen LogP contribution in [-0.4, -0.2) is 15.2 Å². The van der Waals surface area contributed by atoms with E-state index < -0.39 is 15.2 Å². The molecule has 0 bridgehead atoms. The second-order valence-corrected chi connectivity index (χ2v) is 4.10. The molecule has 0 radical (unpaired) electrons. The molecule has 0 saturated carbocycles. The summed E-state index contributed by atoms with van der Waals surface area (Å²) in [4.78, 5) is 20.2. The van der Waals surface area contributed by atoms with Crippen molar-refractivity contribution < 1.29 is 9.85 Å². The highest BCUT2D eigenvalue weighted by Gasteiger charge is 2.23. The number of nitriles is 1. The summed E-state index contributed by atoms with van der Waals surface area (Å²) < 4.78 is 0. The maximum absolute atomic E-state index is 10.8. The Morgan fingerprint density at radius 2 is 1.78 bits per heavy atom. The second-order valence-electron chi connectivity index (χ2n) is 3.57. The highest BCUT2D eigenvalue weighted by Crippen LogP contribution is 2.30. The van der Waals surface area contributed by atoms with Crippen molar-refractivity contribution in [3.05, 3.63) is 43.5 Å². The number of nitrogens with zero attached hydrogens (tertiary/aromatic N) is 3. The molecule has 1 rings (SSSR count). The lowest BCUT2D eigenvalue weighted by molar-refractivity contribution is -0.395. The van der Waals surface area contributed by atoms with E-state index in [1.807, 2.05) is 0 Å². The normalized spacial score (nSPS) is 11.6. The highest BCUT2D eigenvalue weighted by atomic mass is 35.5. The molecule has 1 aromatic carbocycles. The summed E-state index contributed by atoms with van der Waals surface area (Å²) in [5.41, 5.74) is -0.417. The number of nitro groups is 2. The van der Waals surface area contributed by atoms with Crippen molar-refractivity contribution in [3.8, 4) is 6.07 Å². The van der Waals surface area contributed by atoms with E-state index >= 15 is 0 Å². The molecule has 1 atom stereocenters. The number of hydrogen-bond donors (Lipinski definition) is 0. The molecular weight excluding hydrogens is 262 g/mol. The summed E-state index contributed by atoms with van der Waals surface area (Å²) in [6, 6.07) is 4.16. The van der Waals surface area contributed by atoms with E-state index in [1.165, 1.54) is 19.1 Å². The maximum atomic E-state index is 10.8. The van der Waals surface area contributed by atoms with Gasteiger partial charge in [0.1, 0.15) is 10.9 Å². The monoisotopic (exact) mass is 269 g/mol. The molecule has 18 heavy (non-hydrogen) atoms. The Morgan fingerprint density at radius 1 is 1.33 bits per heavy atom. The summed E-state index contributed by atoms with van der Waals surface area (Å²) in [6.45, 7) is 1.31. The average Bonchev–Trinajstić information content (AvgIpc) is 2.30. The first-order valence-electron chi connectivity index (χ1n) is 4.82. The van der Waals surface area contributed by atoms with Crippen molar-refractivity contribution >= 4 is 23.0 Å². The Labute approximate surface area is 107 Å². The predicted molar refractivity (Wildman–Crippen MR) is 63.4 cm³/mol. The van der Waals surface area contributed by atoms with E-state index in [9.17, 15) is 20.2 Å². The van der Waals surface area contributed by atoms with Crippen molar-refractivity contribution in [2.24, 2.45) is 0 Å². The fourth-order valence-corrected chi connectivity index (χ4v) is 1.67. The van der Waals surface area contributed by atoms with Crippen LogP contribution in [-0.2, 0) is 6.42 Å². The second kappa shape index (κ2) is 5.42. The Hall–Kier alpha value is -2.20. The van der Waals surface area contributed by atoms with Gasteiger partial charge in [-0.05, 0) is 12.5 Å². The number of benzene rings is 1. The van der Waals surface area contributed by atoms with Gasteiger partial charge >= 0.3 is 0 Å². The van der Waals surface area contributed by atoms with Crippen molar-refractivity contribution in [1.29, 1.82) is 5.26 Å². The third kappa shape index (κ3) is 2.93. The molecular formula is C10H8ClN3O4. The van der Waals surface area contributed by atoms with E-state index in [4.69, 9.17) is 16.9 Å². The summed E-state index contributed by atoms with van der Waals surface area (Å²) in [6.07, 6.45) is 0.0139. The number of nitro benzene ring substituents is 2. The van der Waals surface area contributed by atoms with Gasteiger partial charge < -0.3 is 0 Å². The van der Waals surface area contributed by atoms with Gasteiger partial charge in [-0.15, -0.1) is 11.6 Å². The van der Waals surface area contributed by atoms with Crippen LogP contribution < -0.4 is 0 Å². The van der Waals surface area contributed by atoms with Crippen molar-refractivity contribution in [2.75, 3.05) is 0 Å². The van der Waals surface area contributed by atoms with Crippen LogP contribution in [0.4, 0.5) is 11.4 Å². The first-order chi connectivity index (χ1) is 8.36. The standard InChI is InChI=1S/C10H8ClN3O4/c1-6-9(13(15)16)3-7(2-8(11)5-12)4-10(6)14(17)18/h3-4,8H,2H2,1H3. The zero-order valence-electron chi connectivity index (χ0n) is 9.29.